The van der Waals surface area contributed by atoms with E-state index in [0.717, 1.165) is 59.8 Å². The van der Waals surface area contributed by atoms with E-state index in [1.165, 1.54) is 11.3 Å². The van der Waals surface area contributed by atoms with Crippen LogP contribution >= 0.6 is 45.9 Å². The highest BCUT2D eigenvalue weighted by atomic mass is 35.5. The topological polar surface area (TPSA) is 89.7 Å². The van der Waals surface area contributed by atoms with Crippen LogP contribution < -0.4 is 0 Å². The Morgan fingerprint density at radius 2 is 1.08 bits per heavy atom. The number of aliphatic hydroxyl groups excluding tert-OH is 1. The van der Waals surface area contributed by atoms with Crippen molar-refractivity contribution in [3.05, 3.63) is 150 Å². The van der Waals surface area contributed by atoms with E-state index in [4.69, 9.17) is 40.8 Å². The van der Waals surface area contributed by atoms with Crippen LogP contribution in [0.25, 0.3) is 30.8 Å². The first kappa shape index (κ1) is 45.8. The molecule has 306 valence electrons. The molecule has 0 saturated heterocycles. The molecule has 0 unspecified atom stereocenters. The summed E-state index contributed by atoms with van der Waals surface area (Å²) in [6, 6.07) is 27.5. The number of benzene rings is 4. The number of halogens is 2. The Morgan fingerprint density at radius 1 is 0.678 bits per heavy atom. The van der Waals surface area contributed by atoms with E-state index in [1.807, 2.05) is 80.6 Å². The summed E-state index contributed by atoms with van der Waals surface area (Å²) in [4.78, 5) is 6.97. The smallest absolute Gasteiger partial charge is 0.205 e. The molecule has 8 nitrogen and oxygen atoms in total. The summed E-state index contributed by atoms with van der Waals surface area (Å²) in [6.07, 6.45) is 0.694. The molecule has 13 heteroatoms. The van der Waals surface area contributed by atoms with Gasteiger partial charge < -0.3 is 9.53 Å². The summed E-state index contributed by atoms with van der Waals surface area (Å²) in [5.41, 5.74) is 6.95. The van der Waals surface area contributed by atoms with Crippen molar-refractivity contribution in [1.82, 2.24) is 20.4 Å². The molecule has 2 aromatic heterocycles. The van der Waals surface area contributed by atoms with Crippen LogP contribution in [0.15, 0.2) is 84.9 Å². The van der Waals surface area contributed by atoms with E-state index in [-0.39, 0.29) is 23.0 Å². The second kappa shape index (κ2) is 19.8. The van der Waals surface area contributed by atoms with E-state index in [0.29, 0.717) is 27.8 Å². The zero-order valence-corrected chi connectivity index (χ0v) is 39.1. The molecule has 0 aliphatic carbocycles. The predicted molar refractivity (Wildman–Crippen MR) is 248 cm³/mol. The van der Waals surface area contributed by atoms with Crippen molar-refractivity contribution >= 4 is 65.6 Å². The van der Waals surface area contributed by atoms with Crippen LogP contribution in [0.2, 0.25) is 28.2 Å². The van der Waals surface area contributed by atoms with Crippen molar-refractivity contribution in [3.8, 4) is 21.1 Å². The van der Waals surface area contributed by atoms with Crippen molar-refractivity contribution in [2.75, 3.05) is 0 Å². The normalized spacial score (nSPS) is 13.7. The Morgan fingerprint density at radius 3 is 1.47 bits per heavy atom. The van der Waals surface area contributed by atoms with Gasteiger partial charge in [0.15, 0.2) is 8.32 Å². The first-order valence-electron chi connectivity index (χ1n) is 19.4. The van der Waals surface area contributed by atoms with Gasteiger partial charge in [0.25, 0.3) is 0 Å². The van der Waals surface area contributed by atoms with Gasteiger partial charge in [-0.25, -0.2) is 9.69 Å². The minimum Gasteiger partial charge on any atom is -0.414 e. The van der Waals surface area contributed by atoms with Gasteiger partial charge in [0.2, 0.25) is 11.4 Å². The second-order valence-corrected chi connectivity index (χ2v) is 23.7. The molecule has 0 radical (unpaired) electrons. The zero-order valence-electron chi connectivity index (χ0n) is 34.9. The number of aromatic nitrogens is 4. The minimum atomic E-state index is -1.99. The van der Waals surface area contributed by atoms with Crippen LogP contribution in [0.1, 0.15) is 78.7 Å². The largest absolute Gasteiger partial charge is 0.414 e. The summed E-state index contributed by atoms with van der Waals surface area (Å²) in [5.74, 6) is -0.152. The van der Waals surface area contributed by atoms with Gasteiger partial charge in [-0.05, 0) is 80.9 Å². The van der Waals surface area contributed by atoms with Crippen molar-refractivity contribution < 1.29 is 9.53 Å². The Kier molecular flexibility index (Phi) is 15.4. The molecule has 0 saturated carbocycles. The van der Waals surface area contributed by atoms with E-state index in [1.54, 1.807) is 24.3 Å². The maximum Gasteiger partial charge on any atom is 0.205 e. The molecule has 0 amide bonds. The Hall–Kier alpha value is -4.30. The van der Waals surface area contributed by atoms with E-state index >= 15 is 0 Å². The predicted octanol–water partition coefficient (Wildman–Crippen LogP) is 13.9. The molecular weight excluding hydrogens is 832 g/mol. The van der Waals surface area contributed by atoms with Gasteiger partial charge in [-0.3, -0.25) is 0 Å². The highest BCUT2D eigenvalue weighted by Crippen LogP contribution is 2.42. The molecule has 6 rings (SSSR count). The molecule has 0 aliphatic heterocycles. The number of hydrogen-bond acceptors (Lipinski definition) is 8. The summed E-state index contributed by atoms with van der Waals surface area (Å²) in [5, 5.41) is 32.7. The fourth-order valence-corrected chi connectivity index (χ4v) is 10.3. The van der Waals surface area contributed by atoms with Gasteiger partial charge in [-0.2, -0.15) is 0 Å². The first-order chi connectivity index (χ1) is 27.9. The number of aliphatic hydroxyl groups is 1. The highest BCUT2D eigenvalue weighted by Gasteiger charge is 2.40. The molecule has 1 N–H and O–H groups in total. The molecular formula is C46H50Cl2N6O2S2Si. The average Bonchev–Trinajstić information content (AvgIpc) is 3.91. The summed E-state index contributed by atoms with van der Waals surface area (Å²) in [7, 11) is -1.99. The molecule has 0 bridgehead atoms. The fraction of sp³-hybridized carbons (Fsp3) is 0.348. The van der Waals surface area contributed by atoms with Crippen LogP contribution in [-0.4, -0.2) is 46.0 Å². The average molecular weight is 882 g/mol. The van der Waals surface area contributed by atoms with Gasteiger partial charge in [-0.15, -0.1) is 20.4 Å². The molecule has 4 aromatic carbocycles. The van der Waals surface area contributed by atoms with E-state index in [2.05, 4.69) is 83.0 Å². The van der Waals surface area contributed by atoms with Crippen molar-refractivity contribution in [1.29, 1.82) is 0 Å². The summed E-state index contributed by atoms with van der Waals surface area (Å²) in [6.45, 7) is 33.6. The Bertz CT molecular complexity index is 2440. The molecule has 59 heavy (non-hydrogen) atoms. The van der Waals surface area contributed by atoms with Gasteiger partial charge in [-0.1, -0.05) is 152 Å². The SMILES string of the molecule is [C-]#[N+]c1ccc(C[C@@H](c2nnc(-c3ccccc3)s2)[C@@H](C)O)c(C)c1Cl.[C-]#[N+]c1ccc(C[C@@H](c2nnc(-c3ccccc3)s2)[C@@H](C)O[Si](C)(C)C(C)(C)C)c(C)c1Cl. The van der Waals surface area contributed by atoms with Crippen LogP contribution in [-0.2, 0) is 17.3 Å². The molecule has 0 spiro atoms. The van der Waals surface area contributed by atoms with Crippen LogP contribution in [0.5, 0.6) is 0 Å². The highest BCUT2D eigenvalue weighted by molar-refractivity contribution is 7.15. The third kappa shape index (κ3) is 11.1. The molecule has 2 heterocycles. The maximum atomic E-state index is 10.3. The van der Waals surface area contributed by atoms with E-state index in [9.17, 15) is 5.11 Å². The monoisotopic (exact) mass is 880 g/mol. The third-order valence-electron chi connectivity index (χ3n) is 11.1. The molecule has 4 atom stereocenters. The maximum absolute atomic E-state index is 10.3. The Labute approximate surface area is 368 Å². The minimum absolute atomic E-state index is 0.0302. The number of rotatable bonds is 12. The third-order valence-corrected chi connectivity index (χ3v) is 18.8. The zero-order chi connectivity index (χ0) is 43.1. The first-order valence-corrected chi connectivity index (χ1v) is 24.7. The number of hydrogen-bond donors (Lipinski definition) is 1. The van der Waals surface area contributed by atoms with E-state index < -0.39 is 14.4 Å². The lowest BCUT2D eigenvalue weighted by Crippen LogP contribution is -2.44. The van der Waals surface area contributed by atoms with Gasteiger partial charge >= 0.3 is 0 Å². The lowest BCUT2D eigenvalue weighted by atomic mass is 9.92. The molecule has 6 aromatic rings. The van der Waals surface area contributed by atoms with Crippen LogP contribution in [0, 0.1) is 27.0 Å². The van der Waals surface area contributed by atoms with Crippen LogP contribution in [0.4, 0.5) is 11.4 Å². The van der Waals surface area contributed by atoms with Crippen molar-refractivity contribution in [3.63, 3.8) is 0 Å². The number of nitrogens with zero attached hydrogens (tertiary/aromatic N) is 6. The quantitative estimate of drug-likeness (QED) is 0.0973. The van der Waals surface area contributed by atoms with Gasteiger partial charge in [0.05, 0.1) is 35.4 Å². The molecule has 0 aliphatic rings. The standard InChI is InChI=1S/C26H32ClN3OSSi.C20H18ClN3OS/c1-17-20(14-15-22(28-6)23(17)27)16-21(18(2)31-33(7,8)26(3,4)5)25-30-29-24(32-25)19-12-10-9-11-13-19;1-12-15(9-10-17(22-3)18(12)21)11-16(13(2)25)20-24-23-19(26-20)14-7-5-4-6-8-14/h9-15,18,21H,16H2,1-5,7-8H3;4-10,13,16,25H,11H2,1-2H3/t18-,21-;13-,16-/m11/s1. The van der Waals surface area contributed by atoms with Crippen LogP contribution in [0.3, 0.4) is 0 Å². The fourth-order valence-electron chi connectivity index (χ4n) is 6.32. The van der Waals surface area contributed by atoms with Gasteiger partial charge in [0, 0.05) is 23.0 Å². The lowest BCUT2D eigenvalue weighted by Gasteiger charge is -2.40. The second-order valence-electron chi connectivity index (χ2n) is 16.2. The summed E-state index contributed by atoms with van der Waals surface area (Å²) >= 11 is 15.9. The van der Waals surface area contributed by atoms with Gasteiger partial charge in [0.1, 0.15) is 20.0 Å². The lowest BCUT2D eigenvalue weighted by molar-refractivity contribution is 0.161. The molecule has 0 fully saturated rings. The summed E-state index contributed by atoms with van der Waals surface area (Å²) < 4.78 is 6.82. The van der Waals surface area contributed by atoms with Crippen molar-refractivity contribution in [2.45, 2.75) is 103 Å². The Balaban J connectivity index is 0.000000230. The van der Waals surface area contributed by atoms with Crippen molar-refractivity contribution in [2.24, 2.45) is 0 Å².